The SMILES string of the molecule is CSN(C)c1ccn(Cc2ccc(F)cc2)n1. The second-order valence-corrected chi connectivity index (χ2v) is 4.59. The second-order valence-electron chi connectivity index (χ2n) is 3.68. The van der Waals surface area contributed by atoms with Crippen LogP contribution in [0.15, 0.2) is 36.5 Å². The lowest BCUT2D eigenvalue weighted by Gasteiger charge is -2.10. The molecule has 0 bridgehead atoms. The first kappa shape index (κ1) is 12.0. The Bertz CT molecular complexity index is 481. The Morgan fingerprint density at radius 1 is 1.29 bits per heavy atom. The van der Waals surface area contributed by atoms with E-state index in [2.05, 4.69) is 5.10 Å². The first-order valence-electron chi connectivity index (χ1n) is 5.25. The van der Waals surface area contributed by atoms with Crippen LogP contribution in [0.5, 0.6) is 0 Å². The third kappa shape index (κ3) is 3.00. The van der Waals surface area contributed by atoms with Gasteiger partial charge in [-0.3, -0.25) is 4.68 Å². The van der Waals surface area contributed by atoms with E-state index in [-0.39, 0.29) is 5.82 Å². The molecule has 0 fully saturated rings. The Labute approximate surface area is 104 Å². The summed E-state index contributed by atoms with van der Waals surface area (Å²) in [5, 5.41) is 4.43. The van der Waals surface area contributed by atoms with Crippen molar-refractivity contribution in [1.29, 1.82) is 0 Å². The lowest BCUT2D eigenvalue weighted by molar-refractivity contribution is 0.624. The van der Waals surface area contributed by atoms with E-state index in [9.17, 15) is 4.39 Å². The average Bonchev–Trinajstić information content (AvgIpc) is 2.80. The van der Waals surface area contributed by atoms with E-state index in [0.717, 1.165) is 11.4 Å². The fourth-order valence-corrected chi connectivity index (χ4v) is 1.76. The van der Waals surface area contributed by atoms with Gasteiger partial charge in [0.05, 0.1) is 6.54 Å². The van der Waals surface area contributed by atoms with Crippen molar-refractivity contribution in [3.63, 3.8) is 0 Å². The highest BCUT2D eigenvalue weighted by molar-refractivity contribution is 7.99. The van der Waals surface area contributed by atoms with Crippen molar-refractivity contribution in [2.24, 2.45) is 0 Å². The van der Waals surface area contributed by atoms with Gasteiger partial charge in [0.15, 0.2) is 5.82 Å². The molecule has 1 aromatic heterocycles. The number of hydrogen-bond acceptors (Lipinski definition) is 3. The van der Waals surface area contributed by atoms with Crippen LogP contribution in [0, 0.1) is 5.82 Å². The summed E-state index contributed by atoms with van der Waals surface area (Å²) >= 11 is 1.61. The van der Waals surface area contributed by atoms with Gasteiger partial charge < -0.3 is 4.31 Å². The molecular weight excluding hydrogens is 237 g/mol. The van der Waals surface area contributed by atoms with Crippen LogP contribution < -0.4 is 4.31 Å². The largest absolute Gasteiger partial charge is 0.302 e. The fraction of sp³-hybridized carbons (Fsp3) is 0.250. The number of halogens is 1. The molecule has 0 aliphatic carbocycles. The van der Waals surface area contributed by atoms with E-state index < -0.39 is 0 Å². The van der Waals surface area contributed by atoms with E-state index in [4.69, 9.17) is 0 Å². The summed E-state index contributed by atoms with van der Waals surface area (Å²) in [5.74, 6) is 0.705. The number of anilines is 1. The summed E-state index contributed by atoms with van der Waals surface area (Å²) in [7, 11) is 1.97. The number of aromatic nitrogens is 2. The first-order valence-corrected chi connectivity index (χ1v) is 6.43. The van der Waals surface area contributed by atoms with Crippen LogP contribution >= 0.6 is 11.9 Å². The smallest absolute Gasteiger partial charge is 0.160 e. The van der Waals surface area contributed by atoms with E-state index in [1.807, 2.05) is 34.6 Å². The molecule has 0 unspecified atom stereocenters. The fourth-order valence-electron chi connectivity index (χ4n) is 1.48. The first-order chi connectivity index (χ1) is 8.19. The maximum Gasteiger partial charge on any atom is 0.160 e. The molecule has 0 atom stereocenters. The van der Waals surface area contributed by atoms with Gasteiger partial charge in [-0.25, -0.2) is 4.39 Å². The molecule has 0 saturated heterocycles. The Hall–Kier alpha value is -1.49. The minimum Gasteiger partial charge on any atom is -0.302 e. The maximum absolute atomic E-state index is 12.7. The number of benzene rings is 1. The molecule has 0 aliphatic heterocycles. The van der Waals surface area contributed by atoms with Gasteiger partial charge >= 0.3 is 0 Å². The van der Waals surface area contributed by atoms with Crippen LogP contribution in [0.25, 0.3) is 0 Å². The molecule has 0 saturated carbocycles. The monoisotopic (exact) mass is 251 g/mol. The average molecular weight is 251 g/mol. The van der Waals surface area contributed by atoms with Crippen molar-refractivity contribution in [1.82, 2.24) is 9.78 Å². The Morgan fingerprint density at radius 2 is 2.00 bits per heavy atom. The molecule has 0 radical (unpaired) electrons. The quantitative estimate of drug-likeness (QED) is 0.780. The van der Waals surface area contributed by atoms with Crippen LogP contribution in [-0.4, -0.2) is 23.1 Å². The number of rotatable bonds is 4. The molecule has 5 heteroatoms. The molecule has 1 aromatic carbocycles. The molecule has 17 heavy (non-hydrogen) atoms. The predicted octanol–water partition coefficient (Wildman–Crippen LogP) is 2.78. The topological polar surface area (TPSA) is 21.1 Å². The van der Waals surface area contributed by atoms with Gasteiger partial charge in [0.25, 0.3) is 0 Å². The van der Waals surface area contributed by atoms with Crippen molar-refractivity contribution >= 4 is 17.8 Å². The van der Waals surface area contributed by atoms with Gasteiger partial charge in [0.2, 0.25) is 0 Å². The van der Waals surface area contributed by atoms with Crippen LogP contribution in [0.3, 0.4) is 0 Å². The lowest BCUT2D eigenvalue weighted by Crippen LogP contribution is -2.07. The molecule has 0 amide bonds. The highest BCUT2D eigenvalue weighted by Gasteiger charge is 2.03. The molecule has 3 nitrogen and oxygen atoms in total. The van der Waals surface area contributed by atoms with Gasteiger partial charge in [-0.2, -0.15) is 5.10 Å². The van der Waals surface area contributed by atoms with E-state index >= 15 is 0 Å². The molecule has 0 aliphatic rings. The van der Waals surface area contributed by atoms with Crippen LogP contribution in [-0.2, 0) is 6.54 Å². The molecular formula is C12H14FN3S. The zero-order valence-electron chi connectivity index (χ0n) is 9.80. The molecule has 2 aromatic rings. The summed E-state index contributed by atoms with van der Waals surface area (Å²) in [6.07, 6.45) is 3.92. The summed E-state index contributed by atoms with van der Waals surface area (Å²) < 4.78 is 16.6. The minimum absolute atomic E-state index is 0.211. The molecule has 1 heterocycles. The Kier molecular flexibility index (Phi) is 3.68. The highest BCUT2D eigenvalue weighted by Crippen LogP contribution is 2.15. The molecule has 2 rings (SSSR count). The van der Waals surface area contributed by atoms with Crippen LogP contribution in [0.2, 0.25) is 0 Å². The third-order valence-corrected chi connectivity index (χ3v) is 3.22. The second kappa shape index (κ2) is 5.23. The standard InChI is InChI=1S/C12H14FN3S/c1-15(17-2)12-7-8-16(14-12)9-10-3-5-11(13)6-4-10/h3-8H,9H2,1-2H3. The third-order valence-electron chi connectivity index (χ3n) is 2.48. The van der Waals surface area contributed by atoms with Gasteiger partial charge in [-0.05, 0) is 17.7 Å². The van der Waals surface area contributed by atoms with Crippen molar-refractivity contribution in [3.05, 3.63) is 47.9 Å². The van der Waals surface area contributed by atoms with E-state index in [1.165, 1.54) is 12.1 Å². The molecule has 90 valence electrons. The number of nitrogens with zero attached hydrogens (tertiary/aromatic N) is 3. The van der Waals surface area contributed by atoms with Gasteiger partial charge in [-0.15, -0.1) is 0 Å². The van der Waals surface area contributed by atoms with E-state index in [0.29, 0.717) is 6.54 Å². The van der Waals surface area contributed by atoms with E-state index in [1.54, 1.807) is 24.1 Å². The van der Waals surface area contributed by atoms with Gasteiger partial charge in [0, 0.05) is 25.6 Å². The Morgan fingerprint density at radius 3 is 2.65 bits per heavy atom. The van der Waals surface area contributed by atoms with Crippen molar-refractivity contribution in [2.75, 3.05) is 17.6 Å². The normalized spacial score (nSPS) is 10.5. The minimum atomic E-state index is -0.211. The van der Waals surface area contributed by atoms with Gasteiger partial charge in [-0.1, -0.05) is 24.1 Å². The maximum atomic E-state index is 12.7. The zero-order valence-corrected chi connectivity index (χ0v) is 10.6. The molecule has 0 spiro atoms. The zero-order chi connectivity index (χ0) is 12.3. The van der Waals surface area contributed by atoms with Crippen molar-refractivity contribution < 1.29 is 4.39 Å². The van der Waals surface area contributed by atoms with Crippen molar-refractivity contribution in [2.45, 2.75) is 6.54 Å². The number of hydrogen-bond donors (Lipinski definition) is 0. The summed E-state index contributed by atoms with van der Waals surface area (Å²) in [6, 6.07) is 8.44. The van der Waals surface area contributed by atoms with Gasteiger partial charge in [0.1, 0.15) is 5.82 Å². The summed E-state index contributed by atoms with van der Waals surface area (Å²) in [5.41, 5.74) is 1.04. The van der Waals surface area contributed by atoms with Crippen LogP contribution in [0.4, 0.5) is 10.2 Å². The van der Waals surface area contributed by atoms with Crippen molar-refractivity contribution in [3.8, 4) is 0 Å². The predicted molar refractivity (Wildman–Crippen MR) is 69.6 cm³/mol. The Balaban J connectivity index is 2.08. The van der Waals surface area contributed by atoms with Crippen LogP contribution in [0.1, 0.15) is 5.56 Å². The molecule has 0 N–H and O–H groups in total. The summed E-state index contributed by atoms with van der Waals surface area (Å²) in [4.78, 5) is 0. The summed E-state index contributed by atoms with van der Waals surface area (Å²) in [6.45, 7) is 0.655. The highest BCUT2D eigenvalue weighted by atomic mass is 32.2. The lowest BCUT2D eigenvalue weighted by atomic mass is 10.2.